The predicted octanol–water partition coefficient (Wildman–Crippen LogP) is 5.13. The Bertz CT molecular complexity index is 549. The number of ether oxygens (including phenoxy) is 1. The fourth-order valence-electron chi connectivity index (χ4n) is 2.17. The summed E-state index contributed by atoms with van der Waals surface area (Å²) in [6, 6.07) is 14.7. The Morgan fingerprint density at radius 2 is 1.68 bits per heavy atom. The van der Waals surface area contributed by atoms with Crippen molar-refractivity contribution >= 4 is 15.9 Å². The van der Waals surface area contributed by atoms with Gasteiger partial charge in [0.2, 0.25) is 0 Å². The standard InChI is InChI=1S/C17H19BrO/c1-13-7-3-4-8-15(13)16-9-5-10-17(14(16)2)19-12-6-11-18/h3-5,7-10H,6,11-12H2,1-2H3. The van der Waals surface area contributed by atoms with Crippen molar-refractivity contribution < 1.29 is 4.74 Å². The second-order valence-corrected chi connectivity index (χ2v) is 5.43. The van der Waals surface area contributed by atoms with Gasteiger partial charge in [-0.2, -0.15) is 0 Å². The summed E-state index contributed by atoms with van der Waals surface area (Å²) in [4.78, 5) is 0. The number of hydrogen-bond donors (Lipinski definition) is 0. The highest BCUT2D eigenvalue weighted by atomic mass is 79.9. The normalized spacial score (nSPS) is 10.5. The molecule has 0 N–H and O–H groups in total. The molecule has 2 rings (SSSR count). The third kappa shape index (κ3) is 3.38. The first kappa shape index (κ1) is 14.1. The van der Waals surface area contributed by atoms with Gasteiger partial charge in [0.05, 0.1) is 6.61 Å². The largest absolute Gasteiger partial charge is 0.493 e. The number of benzene rings is 2. The van der Waals surface area contributed by atoms with Crippen LogP contribution in [0.3, 0.4) is 0 Å². The molecule has 0 aromatic heterocycles. The first-order chi connectivity index (χ1) is 9.24. The molecule has 0 amide bonds. The highest BCUT2D eigenvalue weighted by molar-refractivity contribution is 9.09. The fraction of sp³-hybridized carbons (Fsp3) is 0.294. The molecule has 0 aliphatic rings. The van der Waals surface area contributed by atoms with Gasteiger partial charge >= 0.3 is 0 Å². The number of hydrogen-bond acceptors (Lipinski definition) is 1. The number of rotatable bonds is 5. The van der Waals surface area contributed by atoms with Gasteiger partial charge in [0, 0.05) is 5.33 Å². The summed E-state index contributed by atoms with van der Waals surface area (Å²) in [5, 5.41) is 0.976. The highest BCUT2D eigenvalue weighted by Gasteiger charge is 2.08. The molecule has 0 saturated heterocycles. The zero-order chi connectivity index (χ0) is 13.7. The quantitative estimate of drug-likeness (QED) is 0.548. The molecule has 100 valence electrons. The SMILES string of the molecule is Cc1ccccc1-c1cccc(OCCCBr)c1C. The Kier molecular flexibility index (Phi) is 5.03. The first-order valence-electron chi connectivity index (χ1n) is 6.58. The van der Waals surface area contributed by atoms with Crippen molar-refractivity contribution in [1.29, 1.82) is 0 Å². The summed E-state index contributed by atoms with van der Waals surface area (Å²) in [5.41, 5.74) is 5.05. The third-order valence-electron chi connectivity index (χ3n) is 3.25. The van der Waals surface area contributed by atoms with Gasteiger partial charge in [-0.15, -0.1) is 0 Å². The van der Waals surface area contributed by atoms with E-state index in [1.165, 1.54) is 22.3 Å². The third-order valence-corrected chi connectivity index (χ3v) is 3.82. The van der Waals surface area contributed by atoms with E-state index >= 15 is 0 Å². The van der Waals surface area contributed by atoms with Gasteiger partial charge in [0.25, 0.3) is 0 Å². The van der Waals surface area contributed by atoms with Crippen molar-refractivity contribution in [3.05, 3.63) is 53.6 Å². The molecule has 0 atom stereocenters. The average Bonchev–Trinajstić information content (AvgIpc) is 2.42. The maximum Gasteiger partial charge on any atom is 0.122 e. The molecule has 0 spiro atoms. The maximum atomic E-state index is 5.85. The van der Waals surface area contributed by atoms with Crippen LogP contribution in [0.1, 0.15) is 17.5 Å². The van der Waals surface area contributed by atoms with Gasteiger partial charge in [-0.05, 0) is 48.6 Å². The van der Waals surface area contributed by atoms with Crippen molar-refractivity contribution in [1.82, 2.24) is 0 Å². The van der Waals surface area contributed by atoms with E-state index in [0.717, 1.165) is 24.1 Å². The minimum Gasteiger partial charge on any atom is -0.493 e. The molecule has 0 heterocycles. The zero-order valence-corrected chi connectivity index (χ0v) is 13.0. The van der Waals surface area contributed by atoms with Crippen LogP contribution in [0, 0.1) is 13.8 Å². The Balaban J connectivity index is 2.32. The maximum absolute atomic E-state index is 5.85. The minimum absolute atomic E-state index is 0.753. The Labute approximate surface area is 123 Å². The molecule has 0 fully saturated rings. The molecule has 0 unspecified atom stereocenters. The van der Waals surface area contributed by atoms with E-state index in [0.29, 0.717) is 0 Å². The van der Waals surface area contributed by atoms with Crippen LogP contribution in [-0.2, 0) is 0 Å². The van der Waals surface area contributed by atoms with Crippen molar-refractivity contribution in [3.8, 4) is 16.9 Å². The van der Waals surface area contributed by atoms with E-state index in [1.807, 2.05) is 6.07 Å². The molecule has 1 nitrogen and oxygen atoms in total. The van der Waals surface area contributed by atoms with Crippen LogP contribution in [0.15, 0.2) is 42.5 Å². The van der Waals surface area contributed by atoms with Crippen LogP contribution in [0.4, 0.5) is 0 Å². The summed E-state index contributed by atoms with van der Waals surface area (Å²) in [7, 11) is 0. The van der Waals surface area contributed by atoms with E-state index in [1.54, 1.807) is 0 Å². The van der Waals surface area contributed by atoms with Gasteiger partial charge in [0.15, 0.2) is 0 Å². The van der Waals surface area contributed by atoms with Gasteiger partial charge < -0.3 is 4.74 Å². The molecule has 2 heteroatoms. The van der Waals surface area contributed by atoms with Gasteiger partial charge in [-0.3, -0.25) is 0 Å². The fourth-order valence-corrected chi connectivity index (χ4v) is 2.40. The van der Waals surface area contributed by atoms with Crippen molar-refractivity contribution in [2.45, 2.75) is 20.3 Å². The van der Waals surface area contributed by atoms with Crippen LogP contribution in [0.5, 0.6) is 5.75 Å². The first-order valence-corrected chi connectivity index (χ1v) is 7.70. The number of alkyl halides is 1. The summed E-state index contributed by atoms with van der Waals surface area (Å²) in [6.45, 7) is 5.03. The Morgan fingerprint density at radius 3 is 2.42 bits per heavy atom. The van der Waals surface area contributed by atoms with E-state index in [-0.39, 0.29) is 0 Å². The molecule has 2 aromatic carbocycles. The summed E-state index contributed by atoms with van der Waals surface area (Å²) in [5.74, 6) is 0.988. The molecule has 0 saturated carbocycles. The van der Waals surface area contributed by atoms with Crippen LogP contribution >= 0.6 is 15.9 Å². The predicted molar refractivity (Wildman–Crippen MR) is 85.3 cm³/mol. The second-order valence-electron chi connectivity index (χ2n) is 4.63. The lowest BCUT2D eigenvalue weighted by Gasteiger charge is -2.14. The highest BCUT2D eigenvalue weighted by Crippen LogP contribution is 2.31. The number of halogens is 1. The van der Waals surface area contributed by atoms with E-state index in [2.05, 4.69) is 66.2 Å². The lowest BCUT2D eigenvalue weighted by molar-refractivity contribution is 0.317. The van der Waals surface area contributed by atoms with Crippen molar-refractivity contribution in [2.24, 2.45) is 0 Å². The lowest BCUT2D eigenvalue weighted by atomic mass is 9.96. The Morgan fingerprint density at radius 1 is 0.947 bits per heavy atom. The van der Waals surface area contributed by atoms with E-state index in [9.17, 15) is 0 Å². The molecule has 19 heavy (non-hydrogen) atoms. The van der Waals surface area contributed by atoms with Gasteiger partial charge in [-0.1, -0.05) is 52.3 Å². The molecule has 2 aromatic rings. The lowest BCUT2D eigenvalue weighted by Crippen LogP contribution is -2.00. The zero-order valence-electron chi connectivity index (χ0n) is 11.4. The van der Waals surface area contributed by atoms with Crippen LogP contribution < -0.4 is 4.74 Å². The Hall–Kier alpha value is -1.28. The van der Waals surface area contributed by atoms with Gasteiger partial charge in [-0.25, -0.2) is 0 Å². The molecule has 0 aliphatic heterocycles. The summed E-state index contributed by atoms with van der Waals surface area (Å²) >= 11 is 3.42. The summed E-state index contributed by atoms with van der Waals surface area (Å²) in [6.07, 6.45) is 1.02. The molecule has 0 aliphatic carbocycles. The molecule has 0 radical (unpaired) electrons. The van der Waals surface area contributed by atoms with E-state index in [4.69, 9.17) is 4.74 Å². The summed E-state index contributed by atoms with van der Waals surface area (Å²) < 4.78 is 5.85. The molecular formula is C17H19BrO. The molecule has 0 bridgehead atoms. The number of aryl methyl sites for hydroxylation is 1. The topological polar surface area (TPSA) is 9.23 Å². The van der Waals surface area contributed by atoms with Crippen LogP contribution in [0.2, 0.25) is 0 Å². The molecular weight excluding hydrogens is 300 g/mol. The van der Waals surface area contributed by atoms with Gasteiger partial charge in [0.1, 0.15) is 5.75 Å². The smallest absolute Gasteiger partial charge is 0.122 e. The second kappa shape index (κ2) is 6.76. The minimum atomic E-state index is 0.753. The average molecular weight is 319 g/mol. The van der Waals surface area contributed by atoms with E-state index < -0.39 is 0 Å². The van der Waals surface area contributed by atoms with Crippen molar-refractivity contribution in [2.75, 3.05) is 11.9 Å². The van der Waals surface area contributed by atoms with Crippen LogP contribution in [0.25, 0.3) is 11.1 Å². The monoisotopic (exact) mass is 318 g/mol. The van der Waals surface area contributed by atoms with Crippen molar-refractivity contribution in [3.63, 3.8) is 0 Å². The van der Waals surface area contributed by atoms with Crippen LogP contribution in [-0.4, -0.2) is 11.9 Å².